The van der Waals surface area contributed by atoms with Crippen molar-refractivity contribution in [1.29, 1.82) is 0 Å². The van der Waals surface area contributed by atoms with Crippen molar-refractivity contribution in [1.82, 2.24) is 0 Å². The molecule has 0 saturated carbocycles. The molecule has 0 aromatic heterocycles. The van der Waals surface area contributed by atoms with Gasteiger partial charge in [0.2, 0.25) is 0 Å². The fraction of sp³-hybridized carbons (Fsp3) is 0.917. The van der Waals surface area contributed by atoms with Crippen molar-refractivity contribution in [3.05, 3.63) is 0 Å². The molecule has 8 heteroatoms. The van der Waals surface area contributed by atoms with Crippen LogP contribution >= 0.6 is 0 Å². The second-order valence-electron chi connectivity index (χ2n) is 4.63. The molecule has 2 aliphatic rings. The van der Waals surface area contributed by atoms with E-state index in [1.807, 2.05) is 0 Å². The highest BCUT2D eigenvalue weighted by Gasteiger charge is 2.59. The van der Waals surface area contributed by atoms with Crippen LogP contribution in [0.4, 0.5) is 0 Å². The van der Waals surface area contributed by atoms with Crippen LogP contribution < -0.4 is 0 Å². The van der Waals surface area contributed by atoms with Gasteiger partial charge in [0.05, 0.1) is 7.11 Å². The SMILES string of the molecule is CCOC1(C)O[C@@H]2[C@@H](O)[C@@H](OC)O[C@H](C(=O)OC)[C@@H]2O1. The minimum atomic E-state index is -1.34. The number of ether oxygens (including phenoxy) is 6. The first-order valence-electron chi connectivity index (χ1n) is 6.39. The third-order valence-corrected chi connectivity index (χ3v) is 3.29. The predicted molar refractivity (Wildman–Crippen MR) is 63.5 cm³/mol. The molecule has 2 rings (SSSR count). The number of carbonyl (C=O) groups is 1. The summed E-state index contributed by atoms with van der Waals surface area (Å²) in [6.45, 7) is 3.70. The van der Waals surface area contributed by atoms with E-state index in [1.165, 1.54) is 14.2 Å². The Morgan fingerprint density at radius 3 is 2.50 bits per heavy atom. The summed E-state index contributed by atoms with van der Waals surface area (Å²) in [5.74, 6) is -1.97. The maximum atomic E-state index is 11.8. The van der Waals surface area contributed by atoms with Gasteiger partial charge in [0, 0.05) is 20.6 Å². The smallest absolute Gasteiger partial charge is 0.337 e. The van der Waals surface area contributed by atoms with Gasteiger partial charge >= 0.3 is 5.97 Å². The Labute approximate surface area is 116 Å². The van der Waals surface area contributed by atoms with Crippen molar-refractivity contribution in [2.75, 3.05) is 20.8 Å². The number of aliphatic hydroxyl groups excluding tert-OH is 1. The maximum Gasteiger partial charge on any atom is 0.337 e. The van der Waals surface area contributed by atoms with E-state index in [2.05, 4.69) is 4.74 Å². The van der Waals surface area contributed by atoms with Gasteiger partial charge < -0.3 is 33.5 Å². The van der Waals surface area contributed by atoms with Crippen LogP contribution in [0.5, 0.6) is 0 Å². The normalized spacial score (nSPS) is 44.1. The van der Waals surface area contributed by atoms with Crippen LogP contribution in [-0.2, 0) is 33.2 Å². The zero-order chi connectivity index (χ0) is 14.9. The van der Waals surface area contributed by atoms with Gasteiger partial charge in [-0.3, -0.25) is 0 Å². The summed E-state index contributed by atoms with van der Waals surface area (Å²) in [6, 6.07) is 0. The first-order valence-corrected chi connectivity index (χ1v) is 6.39. The van der Waals surface area contributed by atoms with Crippen LogP contribution in [0.1, 0.15) is 13.8 Å². The molecule has 8 nitrogen and oxygen atoms in total. The van der Waals surface area contributed by atoms with E-state index in [0.717, 1.165) is 0 Å². The third kappa shape index (κ3) is 2.67. The zero-order valence-corrected chi connectivity index (χ0v) is 11.9. The molecule has 1 unspecified atom stereocenters. The zero-order valence-electron chi connectivity index (χ0n) is 11.9. The number of hydrogen-bond donors (Lipinski definition) is 1. The highest BCUT2D eigenvalue weighted by atomic mass is 16.9. The van der Waals surface area contributed by atoms with Gasteiger partial charge in [0.15, 0.2) is 12.4 Å². The first kappa shape index (κ1) is 15.6. The summed E-state index contributed by atoms with van der Waals surface area (Å²) >= 11 is 0. The molecule has 20 heavy (non-hydrogen) atoms. The largest absolute Gasteiger partial charge is 0.467 e. The van der Waals surface area contributed by atoms with Crippen molar-refractivity contribution in [2.24, 2.45) is 0 Å². The van der Waals surface area contributed by atoms with Crippen molar-refractivity contribution < 1.29 is 38.3 Å². The maximum absolute atomic E-state index is 11.8. The molecule has 0 aliphatic carbocycles. The first-order chi connectivity index (χ1) is 9.45. The monoisotopic (exact) mass is 292 g/mol. The van der Waals surface area contributed by atoms with Gasteiger partial charge in [-0.25, -0.2) is 4.79 Å². The van der Waals surface area contributed by atoms with Gasteiger partial charge in [0.1, 0.15) is 18.3 Å². The Kier molecular flexibility index (Phi) is 4.62. The van der Waals surface area contributed by atoms with Gasteiger partial charge in [-0.1, -0.05) is 0 Å². The predicted octanol–water partition coefficient (Wildman–Crippen LogP) is -0.614. The molecular weight excluding hydrogens is 272 g/mol. The molecule has 2 fully saturated rings. The number of carbonyl (C=O) groups excluding carboxylic acids is 1. The summed E-state index contributed by atoms with van der Waals surface area (Å²) in [4.78, 5) is 11.8. The molecule has 1 N–H and O–H groups in total. The molecule has 0 aromatic rings. The van der Waals surface area contributed by atoms with Crippen molar-refractivity contribution >= 4 is 5.97 Å². The van der Waals surface area contributed by atoms with Gasteiger partial charge in [-0.15, -0.1) is 0 Å². The molecule has 0 aromatic carbocycles. The van der Waals surface area contributed by atoms with Crippen LogP contribution in [-0.4, -0.2) is 68.6 Å². The molecule has 0 spiro atoms. The van der Waals surface area contributed by atoms with E-state index in [-0.39, 0.29) is 0 Å². The van der Waals surface area contributed by atoms with Gasteiger partial charge in [-0.2, -0.15) is 0 Å². The number of fused-ring (bicyclic) bond motifs is 1. The van der Waals surface area contributed by atoms with E-state index in [9.17, 15) is 9.90 Å². The number of aliphatic hydroxyl groups is 1. The average Bonchev–Trinajstić information content (AvgIpc) is 2.77. The number of methoxy groups -OCH3 is 2. The Bertz CT molecular complexity index is 361. The second kappa shape index (κ2) is 5.92. The highest BCUT2D eigenvalue weighted by Crippen LogP contribution is 2.38. The minimum Gasteiger partial charge on any atom is -0.467 e. The minimum absolute atomic E-state index is 0.351. The lowest BCUT2D eigenvalue weighted by Crippen LogP contribution is -2.59. The lowest BCUT2D eigenvalue weighted by molar-refractivity contribution is -0.330. The molecule has 0 radical (unpaired) electrons. The van der Waals surface area contributed by atoms with Crippen molar-refractivity contribution in [3.63, 3.8) is 0 Å². The Morgan fingerprint density at radius 1 is 1.30 bits per heavy atom. The Balaban J connectivity index is 2.23. The topological polar surface area (TPSA) is 92.7 Å². The number of esters is 1. The van der Waals surface area contributed by atoms with E-state index in [1.54, 1.807) is 13.8 Å². The summed E-state index contributed by atoms with van der Waals surface area (Å²) in [6.07, 6.45) is -4.81. The average molecular weight is 292 g/mol. The van der Waals surface area contributed by atoms with Crippen LogP contribution in [0.2, 0.25) is 0 Å². The molecule has 2 aliphatic heterocycles. The molecule has 6 atom stereocenters. The highest BCUT2D eigenvalue weighted by molar-refractivity contribution is 5.75. The van der Waals surface area contributed by atoms with Crippen LogP contribution in [0.25, 0.3) is 0 Å². The molecule has 0 amide bonds. The standard InChI is InChI=1S/C12H20O8/c1-5-17-12(2)19-7-6(13)11(16-4)18-9(8(7)20-12)10(14)15-3/h6-9,11,13H,5H2,1-4H3/t6-,7-,8-,9+,11+,12?/m1/s1. The molecule has 116 valence electrons. The van der Waals surface area contributed by atoms with Gasteiger partial charge in [-0.05, 0) is 6.92 Å². The fourth-order valence-electron chi connectivity index (χ4n) is 2.44. The second-order valence-corrected chi connectivity index (χ2v) is 4.63. The summed E-state index contributed by atoms with van der Waals surface area (Å²) in [5.41, 5.74) is 0. The van der Waals surface area contributed by atoms with Crippen LogP contribution in [0.3, 0.4) is 0 Å². The van der Waals surface area contributed by atoms with E-state index in [4.69, 9.17) is 23.7 Å². The van der Waals surface area contributed by atoms with E-state index in [0.29, 0.717) is 6.61 Å². The molecule has 2 saturated heterocycles. The van der Waals surface area contributed by atoms with Crippen molar-refractivity contribution in [2.45, 2.75) is 50.5 Å². The Hall–Kier alpha value is -0.770. The van der Waals surface area contributed by atoms with Crippen LogP contribution in [0, 0.1) is 0 Å². The van der Waals surface area contributed by atoms with E-state index < -0.39 is 42.6 Å². The molecule has 2 heterocycles. The summed E-state index contributed by atoms with van der Waals surface area (Å²) in [5, 5.41) is 10.1. The summed E-state index contributed by atoms with van der Waals surface area (Å²) < 4.78 is 31.6. The van der Waals surface area contributed by atoms with Crippen LogP contribution in [0.15, 0.2) is 0 Å². The Morgan fingerprint density at radius 2 is 1.95 bits per heavy atom. The van der Waals surface area contributed by atoms with Crippen molar-refractivity contribution in [3.8, 4) is 0 Å². The lowest BCUT2D eigenvalue weighted by Gasteiger charge is -2.37. The summed E-state index contributed by atoms with van der Waals surface area (Å²) in [7, 11) is 2.60. The lowest BCUT2D eigenvalue weighted by atomic mass is 9.99. The number of rotatable bonds is 4. The fourth-order valence-corrected chi connectivity index (χ4v) is 2.44. The molecular formula is C12H20O8. The van der Waals surface area contributed by atoms with Gasteiger partial charge in [0.25, 0.3) is 5.97 Å². The van der Waals surface area contributed by atoms with E-state index >= 15 is 0 Å². The number of hydrogen-bond acceptors (Lipinski definition) is 8. The molecule has 0 bridgehead atoms. The quantitative estimate of drug-likeness (QED) is 0.686. The third-order valence-electron chi connectivity index (χ3n) is 3.29.